The highest BCUT2D eigenvalue weighted by molar-refractivity contribution is 6.42. The quantitative estimate of drug-likeness (QED) is 0.251. The number of aromatic nitrogens is 4. The lowest BCUT2D eigenvalue weighted by Crippen LogP contribution is -2.43. The molecule has 2 fully saturated rings. The fourth-order valence-corrected chi connectivity index (χ4v) is 8.09. The molecule has 6 heterocycles. The highest BCUT2D eigenvalue weighted by Gasteiger charge is 2.47. The summed E-state index contributed by atoms with van der Waals surface area (Å²) in [5, 5.41) is 4.97. The minimum Gasteiger partial charge on any atom is -0.461 e. The van der Waals surface area contributed by atoms with Gasteiger partial charge in [-0.2, -0.15) is 15.1 Å². The number of carbonyl (C=O) groups excluding carboxylic acids is 1. The van der Waals surface area contributed by atoms with Crippen molar-refractivity contribution in [1.82, 2.24) is 29.5 Å². The second-order valence-corrected chi connectivity index (χ2v) is 14.2. The van der Waals surface area contributed by atoms with Crippen molar-refractivity contribution in [2.75, 3.05) is 51.0 Å². The molecule has 2 saturated heterocycles. The summed E-state index contributed by atoms with van der Waals surface area (Å²) in [4.78, 5) is 28.3. The first-order chi connectivity index (χ1) is 23.0. The summed E-state index contributed by atoms with van der Waals surface area (Å²) in [6.07, 6.45) is 3.16. The van der Waals surface area contributed by atoms with Gasteiger partial charge in [-0.15, -0.1) is 0 Å². The Balaban J connectivity index is 1.26. The number of halogens is 5. The zero-order valence-electron chi connectivity index (χ0n) is 26.5. The average Bonchev–Trinajstić information content (AvgIpc) is 3.66. The Kier molecular flexibility index (Phi) is 8.95. The van der Waals surface area contributed by atoms with Gasteiger partial charge in [0, 0.05) is 51.3 Å². The summed E-state index contributed by atoms with van der Waals surface area (Å²) in [6.45, 7) is 3.23. The van der Waals surface area contributed by atoms with Gasteiger partial charge in [-0.3, -0.25) is 14.4 Å². The highest BCUT2D eigenvalue weighted by atomic mass is 35.5. The Morgan fingerprint density at radius 1 is 1.19 bits per heavy atom. The van der Waals surface area contributed by atoms with E-state index in [1.54, 1.807) is 18.8 Å². The lowest BCUT2D eigenvalue weighted by Gasteiger charge is -2.33. The SMILES string of the molecule is CN(C)C(=O)c1nn2c(c1Cl)CN(c1nc(OC[C@@]34CCCN3C/C(=C\F)C4)nc3c1CO[C@H](c1c(F)c(N)cc(Cl)c1Cl)C3)CCC2. The van der Waals surface area contributed by atoms with Crippen LogP contribution in [0, 0.1) is 5.82 Å². The maximum atomic E-state index is 15.4. The van der Waals surface area contributed by atoms with Crippen LogP contribution < -0.4 is 15.4 Å². The molecule has 48 heavy (non-hydrogen) atoms. The number of amides is 1. The standard InChI is InChI=1S/C32H35Cl3F2N8O3/c1-42(2)30(46)28-26(35)22-14-43(6-4-8-45(22)41-28)29-18-15-47-23(24-25(34)19(33)9-20(38)27(24)37)10-21(18)39-31(40-29)48-16-32-5-3-7-44(32)13-17(11-32)12-36/h9,12,23H,3-8,10-11,13-16,38H2,1-2H3/b17-12-/t23-,32-/m0/s1. The normalized spacial score (nSPS) is 23.2. The predicted molar refractivity (Wildman–Crippen MR) is 178 cm³/mol. The first-order valence-corrected chi connectivity index (χ1v) is 16.9. The number of nitrogens with zero attached hydrogens (tertiary/aromatic N) is 7. The number of fused-ring (bicyclic) bond motifs is 3. The van der Waals surface area contributed by atoms with E-state index >= 15 is 4.39 Å². The first-order valence-electron chi connectivity index (χ1n) is 15.8. The Morgan fingerprint density at radius 2 is 2.00 bits per heavy atom. The van der Waals surface area contributed by atoms with Crippen molar-refractivity contribution in [3.63, 3.8) is 0 Å². The Labute approximate surface area is 291 Å². The van der Waals surface area contributed by atoms with E-state index in [9.17, 15) is 9.18 Å². The van der Waals surface area contributed by atoms with E-state index in [-0.39, 0.29) is 64.1 Å². The molecule has 2 aromatic heterocycles. The molecule has 2 N–H and O–H groups in total. The molecule has 11 nitrogen and oxygen atoms in total. The highest BCUT2D eigenvalue weighted by Crippen LogP contribution is 2.44. The van der Waals surface area contributed by atoms with Crippen molar-refractivity contribution in [2.45, 2.75) is 63.4 Å². The van der Waals surface area contributed by atoms with Gasteiger partial charge in [-0.25, -0.2) is 8.78 Å². The van der Waals surface area contributed by atoms with Gasteiger partial charge in [-0.1, -0.05) is 34.8 Å². The zero-order chi connectivity index (χ0) is 33.9. The number of carbonyl (C=O) groups is 1. The van der Waals surface area contributed by atoms with Crippen LogP contribution in [0.2, 0.25) is 15.1 Å². The molecular formula is C32H35Cl3F2N8O3. The second kappa shape index (κ2) is 12.9. The molecule has 0 spiro atoms. The van der Waals surface area contributed by atoms with Gasteiger partial charge in [0.05, 0.1) is 63.3 Å². The number of nitrogens with two attached hydrogens (primary N) is 1. The lowest BCUT2D eigenvalue weighted by molar-refractivity contribution is 0.0234. The third-order valence-corrected chi connectivity index (χ3v) is 11.0. The molecule has 4 aliphatic rings. The zero-order valence-corrected chi connectivity index (χ0v) is 28.8. The Bertz CT molecular complexity index is 1800. The van der Waals surface area contributed by atoms with Gasteiger partial charge in [0.15, 0.2) is 11.5 Å². The number of hydrogen-bond donors (Lipinski definition) is 1. The molecule has 16 heteroatoms. The van der Waals surface area contributed by atoms with Crippen molar-refractivity contribution in [3.8, 4) is 6.01 Å². The maximum Gasteiger partial charge on any atom is 0.318 e. The number of ether oxygens (including phenoxy) is 2. The van der Waals surface area contributed by atoms with E-state index in [1.807, 2.05) is 0 Å². The Hall–Kier alpha value is -3.23. The molecular weight excluding hydrogens is 689 g/mol. The van der Waals surface area contributed by atoms with Crippen molar-refractivity contribution in [2.24, 2.45) is 0 Å². The summed E-state index contributed by atoms with van der Waals surface area (Å²) in [5.74, 6) is -0.402. The molecule has 1 amide bonds. The summed E-state index contributed by atoms with van der Waals surface area (Å²) < 4.78 is 43.3. The monoisotopic (exact) mass is 722 g/mol. The minimum absolute atomic E-state index is 0.0273. The molecule has 4 aliphatic heterocycles. The van der Waals surface area contributed by atoms with Gasteiger partial charge >= 0.3 is 6.01 Å². The molecule has 1 aromatic carbocycles. The van der Waals surface area contributed by atoms with E-state index in [4.69, 9.17) is 60.0 Å². The van der Waals surface area contributed by atoms with Crippen LogP contribution in [-0.4, -0.2) is 81.3 Å². The van der Waals surface area contributed by atoms with Gasteiger partial charge in [0.25, 0.3) is 5.91 Å². The van der Waals surface area contributed by atoms with Crippen molar-refractivity contribution in [1.29, 1.82) is 0 Å². The molecule has 2 atom stereocenters. The smallest absolute Gasteiger partial charge is 0.318 e. The van der Waals surface area contributed by atoms with Crippen LogP contribution in [0.3, 0.4) is 0 Å². The molecule has 0 bridgehead atoms. The number of nitrogen functional groups attached to an aromatic ring is 1. The van der Waals surface area contributed by atoms with E-state index in [1.165, 1.54) is 11.0 Å². The third kappa shape index (κ3) is 5.77. The lowest BCUT2D eigenvalue weighted by atomic mass is 9.94. The van der Waals surface area contributed by atoms with Gasteiger partial charge in [-0.05, 0) is 43.9 Å². The average molecular weight is 724 g/mol. The fourth-order valence-electron chi connectivity index (χ4n) is 7.33. The fraction of sp³-hybridized carbons (Fsp3) is 0.500. The first kappa shape index (κ1) is 33.3. The van der Waals surface area contributed by atoms with Crippen LogP contribution in [0.1, 0.15) is 64.8 Å². The summed E-state index contributed by atoms with van der Waals surface area (Å²) >= 11 is 19.5. The molecule has 0 saturated carbocycles. The number of anilines is 2. The van der Waals surface area contributed by atoms with Crippen LogP contribution >= 0.6 is 34.8 Å². The van der Waals surface area contributed by atoms with E-state index in [0.29, 0.717) is 73.1 Å². The van der Waals surface area contributed by atoms with Crippen LogP contribution in [0.15, 0.2) is 18.0 Å². The van der Waals surface area contributed by atoms with Crippen LogP contribution in [0.25, 0.3) is 0 Å². The van der Waals surface area contributed by atoms with Gasteiger partial charge in [0.2, 0.25) is 0 Å². The molecule has 256 valence electrons. The summed E-state index contributed by atoms with van der Waals surface area (Å²) in [6, 6.07) is 1.42. The third-order valence-electron chi connectivity index (χ3n) is 9.75. The topological polar surface area (TPSA) is 115 Å². The van der Waals surface area contributed by atoms with Crippen LogP contribution in [-0.2, 0) is 30.9 Å². The number of benzene rings is 1. The molecule has 0 radical (unpaired) electrons. The Morgan fingerprint density at radius 3 is 2.77 bits per heavy atom. The van der Waals surface area contributed by atoms with E-state index in [0.717, 1.165) is 25.0 Å². The van der Waals surface area contributed by atoms with Crippen LogP contribution in [0.5, 0.6) is 6.01 Å². The largest absolute Gasteiger partial charge is 0.461 e. The molecule has 0 unspecified atom stereocenters. The second-order valence-electron chi connectivity index (χ2n) is 13.0. The van der Waals surface area contributed by atoms with E-state index in [2.05, 4.69) is 14.9 Å². The van der Waals surface area contributed by atoms with Crippen molar-refractivity contribution in [3.05, 3.63) is 67.1 Å². The van der Waals surface area contributed by atoms with Gasteiger partial charge in [0.1, 0.15) is 12.4 Å². The predicted octanol–water partition coefficient (Wildman–Crippen LogP) is 5.75. The minimum atomic E-state index is -0.822. The summed E-state index contributed by atoms with van der Waals surface area (Å²) in [7, 11) is 3.30. The summed E-state index contributed by atoms with van der Waals surface area (Å²) in [5.41, 5.74) is 8.43. The van der Waals surface area contributed by atoms with Gasteiger partial charge < -0.3 is 25.0 Å². The molecule has 7 rings (SSSR count). The molecule has 0 aliphatic carbocycles. The maximum absolute atomic E-state index is 15.4. The van der Waals surface area contributed by atoms with Crippen molar-refractivity contribution >= 4 is 52.2 Å². The van der Waals surface area contributed by atoms with Crippen molar-refractivity contribution < 1.29 is 23.0 Å². The molecule has 3 aromatic rings. The number of rotatable bonds is 6. The number of hydrogen-bond acceptors (Lipinski definition) is 9. The number of aryl methyl sites for hydroxylation is 1. The van der Waals surface area contributed by atoms with Crippen LogP contribution in [0.4, 0.5) is 20.3 Å². The van der Waals surface area contributed by atoms with E-state index < -0.39 is 11.9 Å².